The minimum atomic E-state index is 0.819. The van der Waals surface area contributed by atoms with Gasteiger partial charge < -0.3 is 11.1 Å². The SMILES string of the molecule is CC.CC1CCCNC1.CCCN. The molecule has 3 N–H and O–H groups in total. The average molecular weight is 188 g/mol. The van der Waals surface area contributed by atoms with E-state index in [9.17, 15) is 0 Å². The van der Waals surface area contributed by atoms with Gasteiger partial charge in [-0.1, -0.05) is 27.7 Å². The number of nitrogens with two attached hydrogens (primary N) is 1. The molecule has 1 heterocycles. The summed E-state index contributed by atoms with van der Waals surface area (Å²) in [7, 11) is 0. The largest absolute Gasteiger partial charge is 0.330 e. The van der Waals surface area contributed by atoms with E-state index < -0.39 is 0 Å². The van der Waals surface area contributed by atoms with Gasteiger partial charge in [0.1, 0.15) is 0 Å². The Hall–Kier alpha value is -0.0800. The van der Waals surface area contributed by atoms with Gasteiger partial charge in [-0.25, -0.2) is 0 Å². The molecular weight excluding hydrogens is 160 g/mol. The standard InChI is InChI=1S/C6H13N.C3H9N.C2H6/c1-6-3-2-4-7-5-6;1-2-3-4;1-2/h6-7H,2-5H2,1H3;2-4H2,1H3;1-2H3. The number of rotatable bonds is 1. The lowest BCUT2D eigenvalue weighted by atomic mass is 10.0. The van der Waals surface area contributed by atoms with Crippen LogP contribution < -0.4 is 11.1 Å². The summed E-state index contributed by atoms with van der Waals surface area (Å²) in [6.45, 7) is 11.6. The molecule has 0 aromatic rings. The molecule has 1 fully saturated rings. The van der Waals surface area contributed by atoms with Crippen LogP contribution in [-0.4, -0.2) is 19.6 Å². The molecule has 1 atom stereocenters. The predicted octanol–water partition coefficient (Wildman–Crippen LogP) is 2.39. The average Bonchev–Trinajstić information content (AvgIpc) is 2.22. The maximum atomic E-state index is 5.03. The van der Waals surface area contributed by atoms with E-state index >= 15 is 0 Å². The van der Waals surface area contributed by atoms with Gasteiger partial charge in [-0.3, -0.25) is 0 Å². The van der Waals surface area contributed by atoms with Crippen LogP contribution in [0.15, 0.2) is 0 Å². The van der Waals surface area contributed by atoms with Gasteiger partial charge in [0.15, 0.2) is 0 Å². The Morgan fingerprint density at radius 1 is 1.38 bits per heavy atom. The van der Waals surface area contributed by atoms with E-state index in [0.717, 1.165) is 18.9 Å². The van der Waals surface area contributed by atoms with Crippen LogP contribution in [0.5, 0.6) is 0 Å². The summed E-state index contributed by atoms with van der Waals surface area (Å²) in [6.07, 6.45) is 3.90. The maximum absolute atomic E-state index is 5.03. The van der Waals surface area contributed by atoms with Gasteiger partial charge in [-0.15, -0.1) is 0 Å². The van der Waals surface area contributed by atoms with Crippen molar-refractivity contribution in [2.45, 2.75) is 47.0 Å². The molecule has 0 saturated carbocycles. The van der Waals surface area contributed by atoms with Crippen LogP contribution in [0.1, 0.15) is 47.0 Å². The van der Waals surface area contributed by atoms with E-state index in [-0.39, 0.29) is 0 Å². The lowest BCUT2D eigenvalue weighted by molar-refractivity contribution is 0.405. The Bertz CT molecular complexity index is 66.5. The Morgan fingerprint density at radius 3 is 2.08 bits per heavy atom. The van der Waals surface area contributed by atoms with Crippen LogP contribution in [0.4, 0.5) is 0 Å². The van der Waals surface area contributed by atoms with Crippen molar-refractivity contribution in [3.63, 3.8) is 0 Å². The van der Waals surface area contributed by atoms with Crippen LogP contribution in [-0.2, 0) is 0 Å². The zero-order chi connectivity index (χ0) is 10.5. The van der Waals surface area contributed by atoms with Crippen molar-refractivity contribution in [3.8, 4) is 0 Å². The molecule has 0 amide bonds. The molecule has 2 nitrogen and oxygen atoms in total. The highest BCUT2D eigenvalue weighted by Crippen LogP contribution is 2.06. The van der Waals surface area contributed by atoms with Gasteiger partial charge in [0.2, 0.25) is 0 Å². The van der Waals surface area contributed by atoms with Gasteiger partial charge in [0.25, 0.3) is 0 Å². The first-order valence-electron chi connectivity index (χ1n) is 5.72. The summed E-state index contributed by atoms with van der Waals surface area (Å²) >= 11 is 0. The van der Waals surface area contributed by atoms with Crippen molar-refractivity contribution in [1.82, 2.24) is 5.32 Å². The molecule has 13 heavy (non-hydrogen) atoms. The quantitative estimate of drug-likeness (QED) is 0.663. The predicted molar refractivity (Wildman–Crippen MR) is 62.0 cm³/mol. The van der Waals surface area contributed by atoms with Crippen LogP contribution in [0.3, 0.4) is 0 Å². The normalized spacial score (nSPS) is 20.5. The summed E-state index contributed by atoms with van der Waals surface area (Å²) in [5.41, 5.74) is 5.03. The Kier molecular flexibility index (Phi) is 17.1. The van der Waals surface area contributed by atoms with Crippen molar-refractivity contribution >= 4 is 0 Å². The first-order valence-corrected chi connectivity index (χ1v) is 5.72. The third-order valence-corrected chi connectivity index (χ3v) is 1.83. The highest BCUT2D eigenvalue weighted by Gasteiger charge is 2.04. The first-order chi connectivity index (χ1) is 6.31. The fourth-order valence-corrected chi connectivity index (χ4v) is 1.03. The van der Waals surface area contributed by atoms with Crippen molar-refractivity contribution < 1.29 is 0 Å². The Balaban J connectivity index is 0. The molecule has 0 aromatic carbocycles. The van der Waals surface area contributed by atoms with Crippen molar-refractivity contribution in [3.05, 3.63) is 0 Å². The zero-order valence-electron chi connectivity index (χ0n) is 9.90. The molecule has 82 valence electrons. The monoisotopic (exact) mass is 188 g/mol. The summed E-state index contributed by atoms with van der Waals surface area (Å²) < 4.78 is 0. The van der Waals surface area contributed by atoms with Crippen LogP contribution >= 0.6 is 0 Å². The second kappa shape index (κ2) is 14.4. The third-order valence-electron chi connectivity index (χ3n) is 1.83. The van der Waals surface area contributed by atoms with Crippen LogP contribution in [0, 0.1) is 5.92 Å². The van der Waals surface area contributed by atoms with E-state index in [4.69, 9.17) is 5.73 Å². The van der Waals surface area contributed by atoms with Crippen molar-refractivity contribution in [2.75, 3.05) is 19.6 Å². The highest BCUT2D eigenvalue weighted by atomic mass is 14.9. The summed E-state index contributed by atoms with van der Waals surface area (Å²) in [6, 6.07) is 0. The summed E-state index contributed by atoms with van der Waals surface area (Å²) in [5.74, 6) is 0.925. The topological polar surface area (TPSA) is 38.0 Å². The molecule has 1 saturated heterocycles. The van der Waals surface area contributed by atoms with Gasteiger partial charge in [-0.2, -0.15) is 0 Å². The number of nitrogens with one attached hydrogen (secondary N) is 1. The lowest BCUT2D eigenvalue weighted by Gasteiger charge is -2.17. The van der Waals surface area contributed by atoms with E-state index in [1.54, 1.807) is 0 Å². The molecule has 1 rings (SSSR count). The van der Waals surface area contributed by atoms with Gasteiger partial charge in [0.05, 0.1) is 0 Å². The van der Waals surface area contributed by atoms with E-state index in [1.165, 1.54) is 25.9 Å². The Morgan fingerprint density at radius 2 is 1.92 bits per heavy atom. The van der Waals surface area contributed by atoms with Gasteiger partial charge in [-0.05, 0) is 44.8 Å². The molecule has 0 radical (unpaired) electrons. The Labute approximate surface area is 84.3 Å². The highest BCUT2D eigenvalue weighted by molar-refractivity contribution is 4.63. The smallest absolute Gasteiger partial charge is 0.00231 e. The number of hydrogen-bond acceptors (Lipinski definition) is 2. The van der Waals surface area contributed by atoms with E-state index in [1.807, 2.05) is 13.8 Å². The number of hydrogen-bond donors (Lipinski definition) is 2. The maximum Gasteiger partial charge on any atom is -0.00231 e. The fourth-order valence-electron chi connectivity index (χ4n) is 1.03. The van der Waals surface area contributed by atoms with Gasteiger partial charge >= 0.3 is 0 Å². The zero-order valence-corrected chi connectivity index (χ0v) is 9.90. The molecule has 0 bridgehead atoms. The molecule has 1 aliphatic heterocycles. The lowest BCUT2D eigenvalue weighted by Crippen LogP contribution is -2.27. The molecule has 0 aromatic heterocycles. The van der Waals surface area contributed by atoms with Crippen molar-refractivity contribution in [2.24, 2.45) is 11.7 Å². The van der Waals surface area contributed by atoms with Crippen molar-refractivity contribution in [1.29, 1.82) is 0 Å². The summed E-state index contributed by atoms with van der Waals surface area (Å²) in [5, 5.41) is 3.33. The minimum Gasteiger partial charge on any atom is -0.330 e. The second-order valence-electron chi connectivity index (χ2n) is 3.24. The molecular formula is C11H28N2. The first kappa shape index (κ1) is 15.4. The van der Waals surface area contributed by atoms with E-state index in [0.29, 0.717) is 0 Å². The van der Waals surface area contributed by atoms with Crippen LogP contribution in [0.25, 0.3) is 0 Å². The third kappa shape index (κ3) is 14.7. The molecule has 2 heteroatoms. The molecule has 0 aliphatic carbocycles. The fraction of sp³-hybridized carbons (Fsp3) is 1.00. The second-order valence-corrected chi connectivity index (χ2v) is 3.24. The molecule has 1 unspecified atom stereocenters. The number of piperidine rings is 1. The van der Waals surface area contributed by atoms with E-state index in [2.05, 4.69) is 19.2 Å². The molecule has 0 spiro atoms. The van der Waals surface area contributed by atoms with Gasteiger partial charge in [0, 0.05) is 0 Å². The molecule has 1 aliphatic rings. The minimum absolute atomic E-state index is 0.819. The summed E-state index contributed by atoms with van der Waals surface area (Å²) in [4.78, 5) is 0. The van der Waals surface area contributed by atoms with Crippen LogP contribution in [0.2, 0.25) is 0 Å².